The lowest BCUT2D eigenvalue weighted by Gasteiger charge is -2.14. The van der Waals surface area contributed by atoms with Crippen LogP contribution in [0.4, 0.5) is 11.4 Å². The smallest absolute Gasteiger partial charge is 0.237 e. The number of ether oxygens (including phenoxy) is 1. The molecule has 0 fully saturated rings. The Hall–Kier alpha value is -2.47. The van der Waals surface area contributed by atoms with Gasteiger partial charge in [-0.3, -0.25) is 9.59 Å². The number of nitrogens with one attached hydrogen (secondary N) is 2. The van der Waals surface area contributed by atoms with Gasteiger partial charge in [0.05, 0.1) is 23.8 Å². The molecule has 0 aliphatic carbocycles. The molecule has 5 nitrogen and oxygen atoms in total. The Morgan fingerprint density at radius 2 is 1.81 bits per heavy atom. The van der Waals surface area contributed by atoms with Gasteiger partial charge >= 0.3 is 0 Å². The molecule has 0 unspecified atom stereocenters. The number of hydrogen-bond acceptors (Lipinski definition) is 4. The number of methoxy groups -OCH3 is 1. The third-order valence-electron chi connectivity index (χ3n) is 3.87. The van der Waals surface area contributed by atoms with Gasteiger partial charge in [0.15, 0.2) is 0 Å². The van der Waals surface area contributed by atoms with Gasteiger partial charge in [0.25, 0.3) is 0 Å². The van der Waals surface area contributed by atoms with Crippen molar-refractivity contribution in [2.75, 3.05) is 23.5 Å². The van der Waals surface area contributed by atoms with E-state index in [1.165, 1.54) is 11.8 Å². The van der Waals surface area contributed by atoms with E-state index in [9.17, 15) is 9.59 Å². The first-order valence-electron chi connectivity index (χ1n) is 8.33. The van der Waals surface area contributed by atoms with E-state index in [2.05, 4.69) is 10.6 Å². The van der Waals surface area contributed by atoms with Crippen LogP contribution in [0.2, 0.25) is 0 Å². The van der Waals surface area contributed by atoms with E-state index in [-0.39, 0.29) is 22.8 Å². The van der Waals surface area contributed by atoms with Crippen LogP contribution in [-0.4, -0.2) is 29.9 Å². The molecule has 2 aromatic carbocycles. The average Bonchev–Trinajstić information content (AvgIpc) is 2.63. The summed E-state index contributed by atoms with van der Waals surface area (Å²) >= 11 is 1.29. The van der Waals surface area contributed by atoms with Gasteiger partial charge in [-0.15, -0.1) is 11.8 Å². The molecule has 0 heterocycles. The second-order valence-corrected chi connectivity index (χ2v) is 7.34. The molecule has 1 atom stereocenters. The quantitative estimate of drug-likeness (QED) is 0.771. The maximum atomic E-state index is 12.4. The first-order valence-corrected chi connectivity index (χ1v) is 9.38. The molecule has 2 aromatic rings. The minimum Gasteiger partial charge on any atom is -0.495 e. The second-order valence-electron chi connectivity index (χ2n) is 6.01. The molecule has 0 saturated carbocycles. The Balaban J connectivity index is 1.87. The molecular formula is C20H24N2O3S. The number of carbonyl (C=O) groups excluding carboxylic acids is 2. The van der Waals surface area contributed by atoms with Gasteiger partial charge in [0.2, 0.25) is 11.8 Å². The molecule has 0 spiro atoms. The summed E-state index contributed by atoms with van der Waals surface area (Å²) in [4.78, 5) is 24.5. The van der Waals surface area contributed by atoms with Crippen molar-refractivity contribution in [1.29, 1.82) is 0 Å². The van der Waals surface area contributed by atoms with Crippen molar-refractivity contribution < 1.29 is 14.3 Å². The largest absolute Gasteiger partial charge is 0.495 e. The highest BCUT2D eigenvalue weighted by Crippen LogP contribution is 2.24. The Morgan fingerprint density at radius 1 is 1.08 bits per heavy atom. The summed E-state index contributed by atoms with van der Waals surface area (Å²) in [5.41, 5.74) is 3.52. The van der Waals surface area contributed by atoms with Gasteiger partial charge in [-0.2, -0.15) is 0 Å². The molecular weight excluding hydrogens is 348 g/mol. The van der Waals surface area contributed by atoms with Gasteiger partial charge in [0, 0.05) is 5.69 Å². The molecule has 2 rings (SSSR count). The lowest BCUT2D eigenvalue weighted by molar-refractivity contribution is -0.115. The number of thioether (sulfide) groups is 1. The summed E-state index contributed by atoms with van der Waals surface area (Å²) in [7, 11) is 1.55. The van der Waals surface area contributed by atoms with E-state index in [4.69, 9.17) is 4.74 Å². The van der Waals surface area contributed by atoms with Gasteiger partial charge < -0.3 is 15.4 Å². The molecule has 0 radical (unpaired) electrons. The van der Waals surface area contributed by atoms with Crippen molar-refractivity contribution in [1.82, 2.24) is 0 Å². The van der Waals surface area contributed by atoms with Crippen molar-refractivity contribution >= 4 is 35.0 Å². The van der Waals surface area contributed by atoms with Crippen LogP contribution in [0, 0.1) is 13.8 Å². The third kappa shape index (κ3) is 5.52. The fourth-order valence-corrected chi connectivity index (χ4v) is 3.00. The molecule has 26 heavy (non-hydrogen) atoms. The highest BCUT2D eigenvalue weighted by atomic mass is 32.2. The van der Waals surface area contributed by atoms with Gasteiger partial charge in [-0.25, -0.2) is 0 Å². The zero-order valence-electron chi connectivity index (χ0n) is 15.5. The Labute approximate surface area is 158 Å². The zero-order chi connectivity index (χ0) is 19.1. The van der Waals surface area contributed by atoms with Gasteiger partial charge in [-0.1, -0.05) is 24.3 Å². The number of amides is 2. The van der Waals surface area contributed by atoms with E-state index in [1.807, 2.05) is 44.2 Å². The molecule has 0 aliphatic rings. The van der Waals surface area contributed by atoms with Crippen LogP contribution in [-0.2, 0) is 9.59 Å². The number of hydrogen-bond donors (Lipinski definition) is 2. The van der Waals surface area contributed by atoms with Crippen molar-refractivity contribution in [3.8, 4) is 5.75 Å². The summed E-state index contributed by atoms with van der Waals surface area (Å²) in [5, 5.41) is 5.39. The first kappa shape index (κ1) is 19.8. The molecule has 0 aromatic heterocycles. The summed E-state index contributed by atoms with van der Waals surface area (Å²) in [6.07, 6.45) is 0. The normalized spacial score (nSPS) is 11.5. The predicted octanol–water partition coefficient (Wildman–Crippen LogP) is 4.01. The third-order valence-corrected chi connectivity index (χ3v) is 5.01. The minimum atomic E-state index is -0.349. The molecule has 2 N–H and O–H groups in total. The van der Waals surface area contributed by atoms with Crippen molar-refractivity contribution in [3.63, 3.8) is 0 Å². The topological polar surface area (TPSA) is 67.4 Å². The molecule has 138 valence electrons. The average molecular weight is 372 g/mol. The van der Waals surface area contributed by atoms with E-state index in [1.54, 1.807) is 26.2 Å². The van der Waals surface area contributed by atoms with E-state index in [0.29, 0.717) is 11.4 Å². The molecule has 0 bridgehead atoms. The first-order chi connectivity index (χ1) is 12.4. The molecule has 2 amide bonds. The lowest BCUT2D eigenvalue weighted by Crippen LogP contribution is -2.25. The van der Waals surface area contributed by atoms with Crippen LogP contribution in [0.15, 0.2) is 42.5 Å². The number of aryl methyl sites for hydroxylation is 2. The van der Waals surface area contributed by atoms with Gasteiger partial charge in [0.1, 0.15) is 5.75 Å². The number of anilines is 2. The number of benzene rings is 2. The monoisotopic (exact) mass is 372 g/mol. The summed E-state index contributed by atoms with van der Waals surface area (Å²) in [5.74, 6) is 0.491. The van der Waals surface area contributed by atoms with E-state index < -0.39 is 0 Å². The highest BCUT2D eigenvalue weighted by Gasteiger charge is 2.17. The number of rotatable bonds is 7. The fourth-order valence-electron chi connectivity index (χ4n) is 2.32. The lowest BCUT2D eigenvalue weighted by atomic mass is 10.1. The minimum absolute atomic E-state index is 0.117. The number of para-hydroxylation sites is 2. The van der Waals surface area contributed by atoms with Crippen LogP contribution in [0.5, 0.6) is 5.75 Å². The van der Waals surface area contributed by atoms with Crippen LogP contribution in [0.1, 0.15) is 18.1 Å². The van der Waals surface area contributed by atoms with Crippen molar-refractivity contribution in [3.05, 3.63) is 53.6 Å². The molecule has 6 heteroatoms. The molecule has 0 saturated heterocycles. The Morgan fingerprint density at radius 3 is 2.54 bits per heavy atom. The fraction of sp³-hybridized carbons (Fsp3) is 0.300. The predicted molar refractivity (Wildman–Crippen MR) is 108 cm³/mol. The van der Waals surface area contributed by atoms with Crippen LogP contribution in [0.3, 0.4) is 0 Å². The summed E-state index contributed by atoms with van der Waals surface area (Å²) in [6.45, 7) is 5.73. The van der Waals surface area contributed by atoms with Crippen LogP contribution >= 0.6 is 11.8 Å². The Bertz CT molecular complexity index is 792. The van der Waals surface area contributed by atoms with Crippen molar-refractivity contribution in [2.45, 2.75) is 26.0 Å². The summed E-state index contributed by atoms with van der Waals surface area (Å²) < 4.78 is 5.21. The Kier molecular flexibility index (Phi) is 7.09. The SMILES string of the molecule is COc1ccccc1NC(=O)CS[C@@H](C)C(=O)Nc1cc(C)ccc1C. The molecule has 0 aliphatic heterocycles. The summed E-state index contributed by atoms with van der Waals surface area (Å²) in [6, 6.07) is 13.1. The van der Waals surface area contributed by atoms with Crippen LogP contribution in [0.25, 0.3) is 0 Å². The second kappa shape index (κ2) is 9.29. The maximum Gasteiger partial charge on any atom is 0.237 e. The number of carbonyl (C=O) groups is 2. The van der Waals surface area contributed by atoms with Gasteiger partial charge in [-0.05, 0) is 50.1 Å². The highest BCUT2D eigenvalue weighted by molar-refractivity contribution is 8.01. The zero-order valence-corrected chi connectivity index (χ0v) is 16.3. The maximum absolute atomic E-state index is 12.4. The van der Waals surface area contributed by atoms with Crippen LogP contribution < -0.4 is 15.4 Å². The standard InChI is InChI=1S/C20H24N2O3S/c1-13-9-10-14(2)17(11-13)22-20(24)15(3)26-12-19(23)21-16-7-5-6-8-18(16)25-4/h5-11,15H,12H2,1-4H3,(H,21,23)(H,22,24)/t15-/m0/s1. The van der Waals surface area contributed by atoms with Crippen molar-refractivity contribution in [2.24, 2.45) is 0 Å². The van der Waals surface area contributed by atoms with E-state index >= 15 is 0 Å². The van der Waals surface area contributed by atoms with E-state index in [0.717, 1.165) is 16.8 Å².